The predicted octanol–water partition coefficient (Wildman–Crippen LogP) is 3.14. The van der Waals surface area contributed by atoms with Crippen LogP contribution in [0.15, 0.2) is 42.5 Å². The van der Waals surface area contributed by atoms with Crippen molar-refractivity contribution in [1.29, 1.82) is 0 Å². The molecule has 1 heterocycles. The van der Waals surface area contributed by atoms with Crippen molar-refractivity contribution in [2.24, 2.45) is 0 Å². The zero-order valence-electron chi connectivity index (χ0n) is 15.4. The first kappa shape index (κ1) is 20.5. The molecular weight excluding hydrogens is 401 g/mol. The Labute approximate surface area is 173 Å². The highest BCUT2D eigenvalue weighted by atomic mass is 35.5. The second kappa shape index (κ2) is 9.28. The molecule has 0 spiro atoms. The number of amides is 2. The number of fused-ring (bicyclic) bond motifs is 1. The molecule has 0 saturated carbocycles. The Morgan fingerprint density at radius 2 is 1.89 bits per heavy atom. The number of rotatable bonds is 5. The second-order valence-corrected chi connectivity index (χ2v) is 7.45. The van der Waals surface area contributed by atoms with Crippen molar-refractivity contribution in [3.05, 3.63) is 63.6 Å². The molecule has 1 atom stereocenters. The first-order valence-electron chi connectivity index (χ1n) is 8.87. The van der Waals surface area contributed by atoms with Crippen molar-refractivity contribution in [3.63, 3.8) is 0 Å². The van der Waals surface area contributed by atoms with Crippen LogP contribution in [0, 0.1) is 0 Å². The minimum atomic E-state index is -0.489. The molecule has 0 fully saturated rings. The molecule has 1 aliphatic heterocycles. The topological polar surface area (TPSA) is 70.7 Å². The van der Waals surface area contributed by atoms with Gasteiger partial charge in [-0.05, 0) is 42.8 Å². The molecule has 0 bridgehead atoms. The van der Waals surface area contributed by atoms with Gasteiger partial charge >= 0.3 is 0 Å². The molecule has 3 rings (SSSR count). The van der Waals surface area contributed by atoms with Crippen LogP contribution in [-0.4, -0.2) is 36.9 Å². The average molecular weight is 422 g/mol. The summed E-state index contributed by atoms with van der Waals surface area (Å²) in [5, 5.41) is 0.784. The van der Waals surface area contributed by atoms with E-state index in [-0.39, 0.29) is 25.0 Å². The van der Waals surface area contributed by atoms with Crippen molar-refractivity contribution in [3.8, 4) is 5.75 Å². The number of benzene rings is 2. The van der Waals surface area contributed by atoms with Gasteiger partial charge in [-0.25, -0.2) is 0 Å². The van der Waals surface area contributed by atoms with E-state index in [1.807, 2.05) is 25.2 Å². The summed E-state index contributed by atoms with van der Waals surface area (Å²) in [6, 6.07) is 12.8. The van der Waals surface area contributed by atoms with E-state index in [0.29, 0.717) is 15.8 Å². The normalized spacial score (nSPS) is 16.2. The third kappa shape index (κ3) is 5.16. The zero-order valence-corrected chi connectivity index (χ0v) is 16.9. The Kier molecular flexibility index (Phi) is 6.78. The van der Waals surface area contributed by atoms with Crippen LogP contribution in [0.2, 0.25) is 10.0 Å². The molecule has 1 unspecified atom stereocenters. The average Bonchev–Trinajstić information content (AvgIpc) is 2.68. The SMILES string of the molecule is CN1CCc2ccccc2C1CC(=O)NNC(=O)COc1ccc(Cl)cc1Cl. The summed E-state index contributed by atoms with van der Waals surface area (Å²) in [5.41, 5.74) is 7.21. The number of ether oxygens (including phenoxy) is 1. The second-order valence-electron chi connectivity index (χ2n) is 6.61. The van der Waals surface area contributed by atoms with Crippen molar-refractivity contribution in [2.45, 2.75) is 18.9 Å². The van der Waals surface area contributed by atoms with E-state index in [2.05, 4.69) is 21.8 Å². The third-order valence-corrected chi connectivity index (χ3v) is 5.18. The van der Waals surface area contributed by atoms with Gasteiger partial charge in [-0.15, -0.1) is 0 Å². The van der Waals surface area contributed by atoms with Crippen molar-refractivity contribution < 1.29 is 14.3 Å². The molecule has 2 amide bonds. The van der Waals surface area contributed by atoms with E-state index in [1.165, 1.54) is 11.6 Å². The number of nitrogens with one attached hydrogen (secondary N) is 2. The summed E-state index contributed by atoms with van der Waals surface area (Å²) in [5.74, 6) is -0.420. The monoisotopic (exact) mass is 421 g/mol. The van der Waals surface area contributed by atoms with Crippen molar-refractivity contribution in [2.75, 3.05) is 20.2 Å². The predicted molar refractivity (Wildman–Crippen MR) is 108 cm³/mol. The highest BCUT2D eigenvalue weighted by Crippen LogP contribution is 2.30. The fraction of sp³-hybridized carbons (Fsp3) is 0.300. The quantitative estimate of drug-likeness (QED) is 0.727. The number of hydrogen-bond donors (Lipinski definition) is 2. The highest BCUT2D eigenvalue weighted by molar-refractivity contribution is 6.35. The fourth-order valence-electron chi connectivity index (χ4n) is 3.18. The van der Waals surface area contributed by atoms with Crippen LogP contribution in [-0.2, 0) is 16.0 Å². The molecule has 2 aromatic rings. The first-order valence-corrected chi connectivity index (χ1v) is 9.63. The molecular formula is C20H21Cl2N3O3. The summed E-state index contributed by atoms with van der Waals surface area (Å²) in [6.45, 7) is 0.602. The van der Waals surface area contributed by atoms with Crippen LogP contribution < -0.4 is 15.6 Å². The lowest BCUT2D eigenvalue weighted by Gasteiger charge is -2.34. The van der Waals surface area contributed by atoms with E-state index in [4.69, 9.17) is 27.9 Å². The van der Waals surface area contributed by atoms with Crippen molar-refractivity contribution >= 4 is 35.0 Å². The summed E-state index contributed by atoms with van der Waals surface area (Å²) in [7, 11) is 2.00. The summed E-state index contributed by atoms with van der Waals surface area (Å²) in [4.78, 5) is 26.4. The van der Waals surface area contributed by atoms with Crippen LogP contribution >= 0.6 is 23.2 Å². The minimum Gasteiger partial charge on any atom is -0.482 e. The fourth-order valence-corrected chi connectivity index (χ4v) is 3.64. The summed E-state index contributed by atoms with van der Waals surface area (Å²) in [6.07, 6.45) is 1.21. The Morgan fingerprint density at radius 3 is 2.68 bits per heavy atom. The van der Waals surface area contributed by atoms with Crippen LogP contribution in [0.4, 0.5) is 0 Å². The molecule has 8 heteroatoms. The Hall–Kier alpha value is -2.28. The first-order chi connectivity index (χ1) is 13.4. The van der Waals surface area contributed by atoms with Gasteiger partial charge < -0.3 is 4.74 Å². The summed E-state index contributed by atoms with van der Waals surface area (Å²) >= 11 is 11.8. The maximum atomic E-state index is 12.3. The molecule has 0 radical (unpaired) electrons. The maximum Gasteiger partial charge on any atom is 0.276 e. The van der Waals surface area contributed by atoms with Crippen molar-refractivity contribution in [1.82, 2.24) is 15.8 Å². The lowest BCUT2D eigenvalue weighted by Crippen LogP contribution is -2.45. The van der Waals surface area contributed by atoms with Gasteiger partial charge in [-0.3, -0.25) is 25.3 Å². The number of hydrazine groups is 1. The molecule has 2 aromatic carbocycles. The number of carbonyl (C=O) groups excluding carboxylic acids is 2. The molecule has 0 saturated heterocycles. The number of halogens is 2. The Morgan fingerprint density at radius 1 is 1.14 bits per heavy atom. The van der Waals surface area contributed by atoms with E-state index in [9.17, 15) is 9.59 Å². The maximum absolute atomic E-state index is 12.3. The standard InChI is InChI=1S/C20H21Cl2N3O3/c1-25-9-8-13-4-2-3-5-15(13)17(25)11-19(26)23-24-20(27)12-28-18-7-6-14(21)10-16(18)22/h2-7,10,17H,8-9,11-12H2,1H3,(H,23,26)(H,24,27). The number of likely N-dealkylation sites (N-methyl/N-ethyl adjacent to an activating group) is 1. The van der Waals surface area contributed by atoms with Gasteiger partial charge in [0.1, 0.15) is 5.75 Å². The molecule has 0 aromatic heterocycles. The molecule has 6 nitrogen and oxygen atoms in total. The van der Waals surface area contributed by atoms with Crippen LogP contribution in [0.5, 0.6) is 5.75 Å². The number of carbonyl (C=O) groups is 2. The van der Waals surface area contributed by atoms with Gasteiger partial charge in [0.15, 0.2) is 6.61 Å². The molecule has 148 valence electrons. The summed E-state index contributed by atoms with van der Waals surface area (Å²) < 4.78 is 5.34. The van der Waals surface area contributed by atoms with Crippen LogP contribution in [0.3, 0.4) is 0 Å². The van der Waals surface area contributed by atoms with Gasteiger partial charge in [0.25, 0.3) is 5.91 Å². The van der Waals surface area contributed by atoms with Gasteiger partial charge in [0, 0.05) is 24.0 Å². The van der Waals surface area contributed by atoms with Gasteiger partial charge in [-0.1, -0.05) is 47.5 Å². The van der Waals surface area contributed by atoms with Gasteiger partial charge in [-0.2, -0.15) is 0 Å². The molecule has 0 aliphatic carbocycles. The van der Waals surface area contributed by atoms with E-state index in [1.54, 1.807) is 12.1 Å². The van der Waals surface area contributed by atoms with Crippen LogP contribution in [0.1, 0.15) is 23.6 Å². The van der Waals surface area contributed by atoms with E-state index < -0.39 is 5.91 Å². The van der Waals surface area contributed by atoms with Gasteiger partial charge in [0.2, 0.25) is 5.91 Å². The largest absolute Gasteiger partial charge is 0.482 e. The van der Waals surface area contributed by atoms with Crippen LogP contribution in [0.25, 0.3) is 0 Å². The lowest BCUT2D eigenvalue weighted by atomic mass is 9.91. The van der Waals surface area contributed by atoms with Gasteiger partial charge in [0.05, 0.1) is 5.02 Å². The number of hydrogen-bond acceptors (Lipinski definition) is 4. The molecule has 28 heavy (non-hydrogen) atoms. The molecule has 2 N–H and O–H groups in total. The highest BCUT2D eigenvalue weighted by Gasteiger charge is 2.26. The van der Waals surface area contributed by atoms with E-state index >= 15 is 0 Å². The lowest BCUT2D eigenvalue weighted by molar-refractivity contribution is -0.130. The minimum absolute atomic E-state index is 0.0222. The Balaban J connectivity index is 1.48. The molecule has 1 aliphatic rings. The Bertz CT molecular complexity index is 876. The van der Waals surface area contributed by atoms with E-state index in [0.717, 1.165) is 18.5 Å². The third-order valence-electron chi connectivity index (χ3n) is 4.65. The smallest absolute Gasteiger partial charge is 0.276 e. The number of nitrogens with zero attached hydrogens (tertiary/aromatic N) is 1. The zero-order chi connectivity index (χ0) is 20.1.